The number of rotatable bonds is 3. The Morgan fingerprint density at radius 3 is 1.60 bits per heavy atom. The van der Waals surface area contributed by atoms with Gasteiger partial charge in [-0.15, -0.1) is 0 Å². The minimum absolute atomic E-state index is 0. The van der Waals surface area contributed by atoms with Crippen molar-refractivity contribution in [3.05, 3.63) is 42.2 Å². The molecule has 0 saturated heterocycles. The van der Waals surface area contributed by atoms with Crippen LogP contribution in [0.3, 0.4) is 0 Å². The molecule has 3 heterocycles. The topological polar surface area (TPSA) is 107 Å². The number of aromatic nitrogens is 5. The van der Waals surface area contributed by atoms with E-state index in [1.54, 1.807) is 27.2 Å². The van der Waals surface area contributed by atoms with E-state index in [0.29, 0.717) is 35.2 Å². The van der Waals surface area contributed by atoms with E-state index in [0.717, 1.165) is 6.42 Å². The number of nitrogens with zero attached hydrogens (tertiary/aromatic N) is 6. The monoisotopic (exact) mass is 419 g/mol. The summed E-state index contributed by atoms with van der Waals surface area (Å²) >= 11 is 0. The van der Waals surface area contributed by atoms with Crippen molar-refractivity contribution in [3.63, 3.8) is 0 Å². The third-order valence-corrected chi connectivity index (χ3v) is 4.49. The van der Waals surface area contributed by atoms with E-state index in [-0.39, 0.29) is 7.43 Å². The zero-order valence-corrected chi connectivity index (χ0v) is 19.0. The molecule has 1 aliphatic rings. The number of imidazole rings is 1. The predicted molar refractivity (Wildman–Crippen MR) is 122 cm³/mol. The number of nitrogens with one attached hydrogen (secondary N) is 3. The first-order valence-corrected chi connectivity index (χ1v) is 9.92. The van der Waals surface area contributed by atoms with Crippen LogP contribution in [0.1, 0.15) is 67.5 Å². The molecule has 1 aliphatic heterocycles. The molecule has 0 fully saturated rings. The molecule has 2 aromatic rings. The average molecular weight is 420 g/mol. The van der Waals surface area contributed by atoms with Crippen LogP contribution in [-0.2, 0) is 14.1 Å². The highest BCUT2D eigenvalue weighted by molar-refractivity contribution is 5.84. The van der Waals surface area contributed by atoms with Crippen LogP contribution in [0.15, 0.2) is 31.0 Å². The van der Waals surface area contributed by atoms with Gasteiger partial charge in [0.25, 0.3) is 0 Å². The molecule has 0 saturated carbocycles. The van der Waals surface area contributed by atoms with Crippen LogP contribution in [0.25, 0.3) is 0 Å². The second kappa shape index (κ2) is 12.0. The van der Waals surface area contributed by atoms with Gasteiger partial charge in [-0.05, 0) is 41.5 Å². The van der Waals surface area contributed by atoms with Gasteiger partial charge in [0.05, 0.1) is 0 Å². The summed E-state index contributed by atoms with van der Waals surface area (Å²) in [5, 5.41) is 26.3. The summed E-state index contributed by atoms with van der Waals surface area (Å²) in [6, 6.07) is 1.14. The van der Waals surface area contributed by atoms with Crippen molar-refractivity contribution in [2.45, 2.75) is 73.5 Å². The van der Waals surface area contributed by atoms with E-state index in [1.807, 2.05) is 55.0 Å². The van der Waals surface area contributed by atoms with Crippen LogP contribution in [0.2, 0.25) is 0 Å². The lowest BCUT2D eigenvalue weighted by Crippen LogP contribution is -2.27. The highest BCUT2D eigenvalue weighted by Crippen LogP contribution is 2.09. The zero-order chi connectivity index (χ0) is 22.3. The Hall–Kier alpha value is -2.84. The Kier molecular flexibility index (Phi) is 10.9. The van der Waals surface area contributed by atoms with Crippen molar-refractivity contribution in [3.8, 4) is 0 Å². The van der Waals surface area contributed by atoms with Crippen molar-refractivity contribution >= 4 is 5.84 Å². The molecular weight excluding hydrogens is 378 g/mol. The van der Waals surface area contributed by atoms with Gasteiger partial charge >= 0.3 is 0 Å². The lowest BCUT2D eigenvalue weighted by atomic mass is 10.3. The number of amidine groups is 1. The lowest BCUT2D eigenvalue weighted by molar-refractivity contribution is 0.462. The Morgan fingerprint density at radius 1 is 0.833 bits per heavy atom. The summed E-state index contributed by atoms with van der Waals surface area (Å²) in [7, 11) is 3.64. The van der Waals surface area contributed by atoms with Gasteiger partial charge in [0.1, 0.15) is 12.2 Å². The molecule has 9 nitrogen and oxygen atoms in total. The summed E-state index contributed by atoms with van der Waals surface area (Å²) in [5.41, 5.74) is 0.991. The molecule has 3 rings (SSSR count). The predicted octanol–water partition coefficient (Wildman–Crippen LogP) is 3.40. The summed E-state index contributed by atoms with van der Waals surface area (Å²) in [4.78, 5) is 1.97. The second-order valence-corrected chi connectivity index (χ2v) is 7.85. The van der Waals surface area contributed by atoms with Crippen LogP contribution < -0.4 is 11.2 Å². The molecule has 3 N–H and O–H groups in total. The van der Waals surface area contributed by atoms with Crippen LogP contribution >= 0.6 is 0 Å². The standard InChI is InChI=1S/C7H13N3.C7H12N2.C6H12N4.CH4/c1-6(2)10-5-4-9(3)7(10)8;1-6(2)9-5-3-4-7(9)8;1-5(2)10-4-8-9(3)6(10)7;/h4-6,8H,1-3H3;3,5-6,8H,4H2,1-2H3;4-5,7H,1-3H3;1H4. The van der Waals surface area contributed by atoms with Crippen molar-refractivity contribution < 1.29 is 0 Å². The maximum Gasteiger partial charge on any atom is 0.219 e. The third kappa shape index (κ3) is 7.20. The van der Waals surface area contributed by atoms with E-state index in [4.69, 9.17) is 16.2 Å². The fourth-order valence-electron chi connectivity index (χ4n) is 2.66. The first kappa shape index (κ1) is 27.2. The molecule has 0 bridgehead atoms. The van der Waals surface area contributed by atoms with Gasteiger partial charge in [0.2, 0.25) is 11.2 Å². The van der Waals surface area contributed by atoms with E-state index < -0.39 is 0 Å². The first-order valence-electron chi connectivity index (χ1n) is 9.92. The second-order valence-electron chi connectivity index (χ2n) is 7.85. The Labute approximate surface area is 180 Å². The molecule has 30 heavy (non-hydrogen) atoms. The van der Waals surface area contributed by atoms with E-state index in [1.165, 1.54) is 0 Å². The molecule has 0 aromatic carbocycles. The highest BCUT2D eigenvalue weighted by Gasteiger charge is 2.12. The Morgan fingerprint density at radius 2 is 1.40 bits per heavy atom. The average Bonchev–Trinajstić information content (AvgIpc) is 3.30. The van der Waals surface area contributed by atoms with Crippen LogP contribution in [-0.4, -0.2) is 40.3 Å². The fourth-order valence-corrected chi connectivity index (χ4v) is 2.66. The molecule has 2 aromatic heterocycles. The van der Waals surface area contributed by atoms with Crippen molar-refractivity contribution in [2.24, 2.45) is 14.1 Å². The Balaban J connectivity index is 0.000000414. The van der Waals surface area contributed by atoms with Gasteiger partial charge in [-0.1, -0.05) is 13.5 Å². The van der Waals surface area contributed by atoms with E-state index in [9.17, 15) is 0 Å². The molecule has 0 amide bonds. The van der Waals surface area contributed by atoms with Crippen LogP contribution in [0, 0.1) is 16.2 Å². The summed E-state index contributed by atoms with van der Waals surface area (Å²) in [6.45, 7) is 12.4. The maximum absolute atomic E-state index is 7.53. The molecule has 0 spiro atoms. The molecule has 0 aliphatic carbocycles. The molecule has 9 heteroatoms. The summed E-state index contributed by atoms with van der Waals surface area (Å²) < 4.78 is 7.06. The first-order chi connectivity index (χ1) is 13.5. The third-order valence-electron chi connectivity index (χ3n) is 4.49. The molecule has 0 radical (unpaired) electrons. The van der Waals surface area contributed by atoms with Gasteiger partial charge in [-0.2, -0.15) is 5.10 Å². The van der Waals surface area contributed by atoms with Gasteiger partial charge in [0.15, 0.2) is 0 Å². The van der Waals surface area contributed by atoms with Crippen LogP contribution in [0.4, 0.5) is 0 Å². The summed E-state index contributed by atoms with van der Waals surface area (Å²) in [6.07, 6.45) is 10.3. The van der Waals surface area contributed by atoms with E-state index >= 15 is 0 Å². The summed E-state index contributed by atoms with van der Waals surface area (Å²) in [5.74, 6) is 0.713. The zero-order valence-electron chi connectivity index (χ0n) is 19.0. The smallest absolute Gasteiger partial charge is 0.219 e. The normalized spacial score (nSPS) is 12.6. The quantitative estimate of drug-likeness (QED) is 0.709. The number of aryl methyl sites for hydroxylation is 2. The Bertz CT molecular complexity index is 861. The van der Waals surface area contributed by atoms with Gasteiger partial charge in [-0.25, -0.2) is 4.68 Å². The molecule has 0 atom stereocenters. The van der Waals surface area contributed by atoms with Crippen molar-refractivity contribution in [2.75, 3.05) is 0 Å². The largest absolute Gasteiger partial charge is 0.335 e. The van der Waals surface area contributed by atoms with Crippen molar-refractivity contribution in [1.82, 2.24) is 28.4 Å². The number of hydrogen-bond acceptors (Lipinski definition) is 4. The highest BCUT2D eigenvalue weighted by atomic mass is 15.4. The maximum atomic E-state index is 7.53. The lowest BCUT2D eigenvalue weighted by Gasteiger charge is -2.19. The van der Waals surface area contributed by atoms with Crippen LogP contribution in [0.5, 0.6) is 0 Å². The van der Waals surface area contributed by atoms with Crippen molar-refractivity contribution in [1.29, 1.82) is 16.2 Å². The molecule has 170 valence electrons. The molecular formula is C21H41N9. The van der Waals surface area contributed by atoms with Gasteiger partial charge in [0, 0.05) is 57.2 Å². The molecule has 0 unspecified atom stereocenters. The van der Waals surface area contributed by atoms with E-state index in [2.05, 4.69) is 32.8 Å². The SMILES string of the molecule is C.CC(C)N1C=CCC1=N.CC(C)n1ccn(C)c1=N.CC(C)n1cnn(C)c1=N. The fraction of sp³-hybridized carbons (Fsp3) is 0.619. The minimum Gasteiger partial charge on any atom is -0.335 e. The van der Waals surface area contributed by atoms with Gasteiger partial charge < -0.3 is 14.0 Å². The number of hydrogen-bond donors (Lipinski definition) is 3. The minimum atomic E-state index is 0. The van der Waals surface area contributed by atoms with Gasteiger partial charge in [-0.3, -0.25) is 20.8 Å².